The number of aryl methyl sites for hydroxylation is 1. The van der Waals surface area contributed by atoms with Crippen LogP contribution in [0.25, 0.3) is 0 Å². The molecule has 1 unspecified atom stereocenters. The molecule has 2 N–H and O–H groups in total. The number of anilines is 1. The van der Waals surface area contributed by atoms with Crippen LogP contribution in [-0.2, 0) is 0 Å². The lowest BCUT2D eigenvalue weighted by Gasteiger charge is -2.29. The first-order valence-corrected chi connectivity index (χ1v) is 6.29. The first kappa shape index (κ1) is 10.9. The van der Waals surface area contributed by atoms with Crippen molar-refractivity contribution in [2.75, 3.05) is 38.0 Å². The van der Waals surface area contributed by atoms with E-state index in [9.17, 15) is 0 Å². The van der Waals surface area contributed by atoms with Crippen LogP contribution in [0.2, 0.25) is 0 Å². The molecule has 2 heterocycles. The largest absolute Gasteiger partial charge is 0.467 e. The number of hydrogen-bond donors (Lipinski definition) is 2. The Balaban J connectivity index is 1.63. The van der Waals surface area contributed by atoms with Gasteiger partial charge in [0.2, 0.25) is 0 Å². The third-order valence-electron chi connectivity index (χ3n) is 3.42. The molecule has 4 heteroatoms. The predicted octanol–water partition coefficient (Wildman–Crippen LogP) is 1.03. The van der Waals surface area contributed by atoms with Crippen molar-refractivity contribution in [3.8, 4) is 5.75 Å². The summed E-state index contributed by atoms with van der Waals surface area (Å²) in [4.78, 5) is 2.44. The molecule has 0 spiro atoms. The summed E-state index contributed by atoms with van der Waals surface area (Å²) in [6.45, 7) is 7.43. The molecule has 1 atom stereocenters. The van der Waals surface area contributed by atoms with Gasteiger partial charge in [-0.3, -0.25) is 4.90 Å². The molecule has 0 amide bonds. The normalized spacial score (nSPS) is 23.9. The van der Waals surface area contributed by atoms with E-state index in [1.807, 2.05) is 0 Å². The van der Waals surface area contributed by atoms with Gasteiger partial charge in [0.25, 0.3) is 0 Å². The Morgan fingerprint density at radius 1 is 1.35 bits per heavy atom. The zero-order chi connectivity index (χ0) is 11.7. The molecule has 2 aliphatic rings. The molecule has 0 aromatic heterocycles. The summed E-state index contributed by atoms with van der Waals surface area (Å²) in [5.41, 5.74) is 2.34. The number of benzene rings is 1. The van der Waals surface area contributed by atoms with Crippen molar-refractivity contribution >= 4 is 5.69 Å². The fraction of sp³-hybridized carbons (Fsp3) is 0.538. The molecule has 0 saturated carbocycles. The highest BCUT2D eigenvalue weighted by Crippen LogP contribution is 2.34. The second-order valence-electron chi connectivity index (χ2n) is 4.75. The average Bonchev–Trinajstić information content (AvgIpc) is 2.74. The van der Waals surface area contributed by atoms with Gasteiger partial charge in [0, 0.05) is 26.2 Å². The van der Waals surface area contributed by atoms with Gasteiger partial charge in [-0.1, -0.05) is 12.1 Å². The van der Waals surface area contributed by atoms with E-state index in [0.717, 1.165) is 44.2 Å². The van der Waals surface area contributed by atoms with Crippen LogP contribution in [0.5, 0.6) is 5.75 Å². The molecule has 92 valence electrons. The second kappa shape index (κ2) is 4.55. The lowest BCUT2D eigenvalue weighted by Crippen LogP contribution is -2.48. The first-order valence-electron chi connectivity index (χ1n) is 6.29. The van der Waals surface area contributed by atoms with Crippen LogP contribution in [0, 0.1) is 6.92 Å². The third kappa shape index (κ3) is 2.23. The van der Waals surface area contributed by atoms with Crippen LogP contribution in [0.4, 0.5) is 5.69 Å². The Bertz CT molecular complexity index is 402. The average molecular weight is 233 g/mol. The van der Waals surface area contributed by atoms with E-state index in [1.165, 1.54) is 5.56 Å². The minimum atomic E-state index is 0.101. The molecule has 0 bridgehead atoms. The zero-order valence-corrected chi connectivity index (χ0v) is 10.2. The van der Waals surface area contributed by atoms with Crippen molar-refractivity contribution in [3.05, 3.63) is 23.8 Å². The van der Waals surface area contributed by atoms with Crippen molar-refractivity contribution in [2.45, 2.75) is 13.2 Å². The minimum Gasteiger partial charge on any atom is -0.467 e. The number of nitrogens with one attached hydrogen (secondary N) is 2. The van der Waals surface area contributed by atoms with Gasteiger partial charge in [-0.25, -0.2) is 0 Å². The lowest BCUT2D eigenvalue weighted by atomic mass is 10.2. The fourth-order valence-corrected chi connectivity index (χ4v) is 2.48. The highest BCUT2D eigenvalue weighted by atomic mass is 16.5. The fourth-order valence-electron chi connectivity index (χ4n) is 2.48. The summed E-state index contributed by atoms with van der Waals surface area (Å²) < 4.78 is 5.97. The molecule has 1 aromatic carbocycles. The van der Waals surface area contributed by atoms with Crippen molar-refractivity contribution < 1.29 is 4.74 Å². The van der Waals surface area contributed by atoms with Gasteiger partial charge in [0.05, 0.1) is 12.2 Å². The molecule has 1 saturated heterocycles. The first-order chi connectivity index (χ1) is 8.33. The van der Waals surface area contributed by atoms with Crippen LogP contribution in [0.15, 0.2) is 18.2 Å². The van der Waals surface area contributed by atoms with E-state index in [1.54, 1.807) is 0 Å². The van der Waals surface area contributed by atoms with Crippen molar-refractivity contribution in [2.24, 2.45) is 0 Å². The number of nitrogens with zero attached hydrogens (tertiary/aromatic N) is 1. The molecule has 3 rings (SSSR count). The Labute approximate surface area is 102 Å². The molecule has 2 aliphatic heterocycles. The monoisotopic (exact) mass is 233 g/mol. The van der Waals surface area contributed by atoms with Crippen LogP contribution in [0.1, 0.15) is 5.56 Å². The maximum atomic E-state index is 5.97. The second-order valence-corrected chi connectivity index (χ2v) is 4.75. The van der Waals surface area contributed by atoms with Gasteiger partial charge in [-0.2, -0.15) is 0 Å². The number of hydrogen-bond acceptors (Lipinski definition) is 4. The van der Waals surface area contributed by atoms with E-state index in [4.69, 9.17) is 4.74 Å². The van der Waals surface area contributed by atoms with E-state index >= 15 is 0 Å². The van der Waals surface area contributed by atoms with Crippen molar-refractivity contribution in [3.63, 3.8) is 0 Å². The van der Waals surface area contributed by atoms with Gasteiger partial charge in [0.15, 0.2) is 6.23 Å². The zero-order valence-electron chi connectivity index (χ0n) is 10.2. The van der Waals surface area contributed by atoms with Crippen LogP contribution < -0.4 is 15.4 Å². The molecule has 0 radical (unpaired) electrons. The highest BCUT2D eigenvalue weighted by molar-refractivity contribution is 5.63. The molecule has 4 nitrogen and oxygen atoms in total. The predicted molar refractivity (Wildman–Crippen MR) is 68.5 cm³/mol. The summed E-state index contributed by atoms with van der Waals surface area (Å²) in [5.74, 6) is 1.02. The summed E-state index contributed by atoms with van der Waals surface area (Å²) in [6, 6.07) is 6.24. The Morgan fingerprint density at radius 3 is 2.94 bits per heavy atom. The topological polar surface area (TPSA) is 36.5 Å². The number of rotatable bonds is 2. The summed E-state index contributed by atoms with van der Waals surface area (Å²) in [6.07, 6.45) is 0.101. The smallest absolute Gasteiger partial charge is 0.182 e. The Morgan fingerprint density at radius 2 is 2.18 bits per heavy atom. The molecule has 1 aromatic rings. The van der Waals surface area contributed by atoms with Gasteiger partial charge in [-0.15, -0.1) is 0 Å². The van der Waals surface area contributed by atoms with Gasteiger partial charge < -0.3 is 15.4 Å². The standard InChI is InChI=1S/C13H19N3O/c1-10-3-2-4-11-13(10)17-12(15-11)9-16-7-5-14-6-8-16/h2-4,12,14-15H,5-9H2,1H3. The molecule has 17 heavy (non-hydrogen) atoms. The quantitative estimate of drug-likeness (QED) is 0.800. The molecular weight excluding hydrogens is 214 g/mol. The molecule has 1 fully saturated rings. The number of piperazine rings is 1. The maximum Gasteiger partial charge on any atom is 0.182 e. The summed E-state index contributed by atoms with van der Waals surface area (Å²) in [7, 11) is 0. The van der Waals surface area contributed by atoms with Gasteiger partial charge in [0.1, 0.15) is 5.75 Å². The SMILES string of the molecule is Cc1cccc2c1OC(CN1CCNCC1)N2. The highest BCUT2D eigenvalue weighted by Gasteiger charge is 2.25. The van der Waals surface area contributed by atoms with Crippen molar-refractivity contribution in [1.82, 2.24) is 10.2 Å². The molecular formula is C13H19N3O. The lowest BCUT2D eigenvalue weighted by molar-refractivity contribution is 0.151. The van der Waals surface area contributed by atoms with Gasteiger partial charge >= 0.3 is 0 Å². The van der Waals surface area contributed by atoms with E-state index < -0.39 is 0 Å². The van der Waals surface area contributed by atoms with E-state index in [2.05, 4.69) is 40.7 Å². The maximum absolute atomic E-state index is 5.97. The van der Waals surface area contributed by atoms with E-state index in [-0.39, 0.29) is 6.23 Å². The Kier molecular flexibility index (Phi) is 2.91. The van der Waals surface area contributed by atoms with Crippen LogP contribution >= 0.6 is 0 Å². The summed E-state index contributed by atoms with van der Waals surface area (Å²) in [5, 5.41) is 6.80. The third-order valence-corrected chi connectivity index (χ3v) is 3.42. The molecule has 0 aliphatic carbocycles. The van der Waals surface area contributed by atoms with Crippen LogP contribution in [-0.4, -0.2) is 43.9 Å². The van der Waals surface area contributed by atoms with E-state index in [0.29, 0.717) is 0 Å². The minimum absolute atomic E-state index is 0.101. The van der Waals surface area contributed by atoms with Crippen LogP contribution in [0.3, 0.4) is 0 Å². The number of ether oxygens (including phenoxy) is 1. The number of para-hydroxylation sites is 1. The van der Waals surface area contributed by atoms with Gasteiger partial charge in [-0.05, 0) is 18.6 Å². The summed E-state index contributed by atoms with van der Waals surface area (Å²) >= 11 is 0. The Hall–Kier alpha value is -1.26. The van der Waals surface area contributed by atoms with Crippen molar-refractivity contribution in [1.29, 1.82) is 0 Å². The number of fused-ring (bicyclic) bond motifs is 1.